The third-order valence-corrected chi connectivity index (χ3v) is 5.62. The van der Waals surface area contributed by atoms with Crippen LogP contribution in [0.3, 0.4) is 0 Å². The maximum absolute atomic E-state index is 13.4. The number of ether oxygens (including phenoxy) is 1. The van der Waals surface area contributed by atoms with Gasteiger partial charge in [-0.25, -0.2) is 0 Å². The van der Waals surface area contributed by atoms with Gasteiger partial charge in [0.05, 0.1) is 14.7 Å². The number of aryl methyl sites for hydroxylation is 1. The van der Waals surface area contributed by atoms with Crippen molar-refractivity contribution in [3.63, 3.8) is 0 Å². The number of benzene rings is 2. The van der Waals surface area contributed by atoms with E-state index in [1.54, 1.807) is 46.9 Å². The van der Waals surface area contributed by atoms with Crippen LogP contribution in [0, 0.1) is 3.57 Å². The molecule has 30 heavy (non-hydrogen) atoms. The van der Waals surface area contributed by atoms with E-state index in [9.17, 15) is 22.8 Å². The summed E-state index contributed by atoms with van der Waals surface area (Å²) in [5.74, 6) is -1.55. The smallest absolute Gasteiger partial charge is 0.420 e. The van der Waals surface area contributed by atoms with Gasteiger partial charge < -0.3 is 9.15 Å². The van der Waals surface area contributed by atoms with Gasteiger partial charge in [0.1, 0.15) is 11.3 Å². The number of furan rings is 1. The van der Waals surface area contributed by atoms with Gasteiger partial charge in [-0.3, -0.25) is 9.59 Å². The molecule has 0 aliphatic rings. The molecule has 4 nitrogen and oxygen atoms in total. The molecule has 0 aliphatic heterocycles. The van der Waals surface area contributed by atoms with Crippen LogP contribution in [0.2, 0.25) is 0 Å². The Hall–Kier alpha value is -2.36. The maximum atomic E-state index is 13.4. The zero-order valence-electron chi connectivity index (χ0n) is 16.2. The maximum Gasteiger partial charge on any atom is 0.420 e. The number of unbranched alkanes of at least 4 members (excludes halogenated alkanes) is 1. The van der Waals surface area contributed by atoms with Gasteiger partial charge in [-0.2, -0.15) is 13.2 Å². The first-order valence-corrected chi connectivity index (χ1v) is 10.4. The largest absolute Gasteiger partial charge is 0.460 e. The first-order valence-electron chi connectivity index (χ1n) is 9.28. The lowest BCUT2D eigenvalue weighted by molar-refractivity contribution is -0.141. The molecule has 0 saturated carbocycles. The number of alkyl halides is 3. The summed E-state index contributed by atoms with van der Waals surface area (Å²) in [5, 5.41) is 0.596. The molecule has 0 radical (unpaired) electrons. The lowest BCUT2D eigenvalue weighted by Gasteiger charge is -2.16. The average Bonchev–Trinajstić information content (AvgIpc) is 3.04. The Balaban J connectivity index is 2.19. The van der Waals surface area contributed by atoms with Gasteiger partial charge in [0.15, 0.2) is 11.5 Å². The van der Waals surface area contributed by atoms with Crippen molar-refractivity contribution in [3.05, 3.63) is 62.4 Å². The average molecular weight is 530 g/mol. The molecule has 1 aromatic heterocycles. The van der Waals surface area contributed by atoms with E-state index in [0.29, 0.717) is 28.7 Å². The quantitative estimate of drug-likeness (QED) is 0.157. The molecule has 2 aromatic carbocycles. The van der Waals surface area contributed by atoms with Crippen LogP contribution in [0.25, 0.3) is 11.0 Å². The van der Waals surface area contributed by atoms with E-state index in [2.05, 4.69) is 0 Å². The topological polar surface area (TPSA) is 56.5 Å². The Morgan fingerprint density at radius 1 is 1.13 bits per heavy atom. The normalized spacial score (nSPS) is 11.7. The minimum Gasteiger partial charge on any atom is -0.460 e. The summed E-state index contributed by atoms with van der Waals surface area (Å²) < 4.78 is 50.9. The number of hydrogen-bond donors (Lipinski definition) is 0. The monoisotopic (exact) mass is 530 g/mol. The fourth-order valence-corrected chi connectivity index (χ4v) is 4.02. The van der Waals surface area contributed by atoms with E-state index >= 15 is 0 Å². The number of carbonyl (C=O) groups is 2. The van der Waals surface area contributed by atoms with E-state index in [1.807, 2.05) is 6.92 Å². The molecule has 0 saturated heterocycles. The van der Waals surface area contributed by atoms with Crippen molar-refractivity contribution in [3.8, 4) is 5.75 Å². The van der Waals surface area contributed by atoms with Gasteiger partial charge in [-0.05, 0) is 47.2 Å². The molecule has 0 fully saturated rings. The molecule has 3 rings (SSSR count). The number of rotatable bonds is 6. The van der Waals surface area contributed by atoms with E-state index in [4.69, 9.17) is 9.15 Å². The van der Waals surface area contributed by atoms with Gasteiger partial charge in [0.2, 0.25) is 0 Å². The summed E-state index contributed by atoms with van der Waals surface area (Å²) in [6.07, 6.45) is -2.52. The number of ketones is 1. The van der Waals surface area contributed by atoms with Crippen molar-refractivity contribution in [2.24, 2.45) is 0 Å². The van der Waals surface area contributed by atoms with E-state index in [0.717, 1.165) is 31.9 Å². The van der Waals surface area contributed by atoms with Crippen LogP contribution in [-0.2, 0) is 17.4 Å². The van der Waals surface area contributed by atoms with Crippen molar-refractivity contribution in [1.29, 1.82) is 0 Å². The molecule has 0 unspecified atom stereocenters. The van der Waals surface area contributed by atoms with Crippen LogP contribution in [0.15, 0.2) is 40.8 Å². The van der Waals surface area contributed by atoms with Gasteiger partial charge in [0.25, 0.3) is 0 Å². The Bertz CT molecular complexity index is 1120. The third kappa shape index (κ3) is 4.38. The second-order valence-electron chi connectivity index (χ2n) is 6.72. The first-order chi connectivity index (χ1) is 14.1. The molecule has 0 amide bonds. The predicted octanol–water partition coefficient (Wildman–Crippen LogP) is 6.56. The molecule has 0 bridgehead atoms. The molecule has 3 aromatic rings. The number of para-hydroxylation sites is 1. The van der Waals surface area contributed by atoms with Crippen molar-refractivity contribution in [2.45, 2.75) is 39.3 Å². The summed E-state index contributed by atoms with van der Waals surface area (Å²) in [6, 6.07) is 8.91. The zero-order valence-corrected chi connectivity index (χ0v) is 18.4. The van der Waals surface area contributed by atoms with Crippen molar-refractivity contribution in [2.75, 3.05) is 0 Å². The Kier molecular flexibility index (Phi) is 6.54. The van der Waals surface area contributed by atoms with Crippen LogP contribution in [0.5, 0.6) is 5.75 Å². The molecule has 8 heteroatoms. The molecule has 0 aliphatic carbocycles. The Morgan fingerprint density at radius 2 is 1.83 bits per heavy atom. The standard InChI is InChI=1S/C22H18F3IO4/c1-3-4-8-17-18(13-7-5-6-9-16(13)30-17)20(28)14-10-11-15(22(23,24)25)21(19(14)26)29-12(2)27/h5-7,9-11H,3-4,8H2,1-2H3. The Labute approximate surface area is 184 Å². The van der Waals surface area contributed by atoms with Gasteiger partial charge in [-0.1, -0.05) is 31.5 Å². The van der Waals surface area contributed by atoms with Crippen LogP contribution in [0.1, 0.15) is 53.9 Å². The molecular formula is C22H18F3IO4. The first kappa shape index (κ1) is 22.3. The van der Waals surface area contributed by atoms with Crippen LogP contribution >= 0.6 is 22.6 Å². The van der Waals surface area contributed by atoms with E-state index in [1.165, 1.54) is 0 Å². The highest BCUT2D eigenvalue weighted by atomic mass is 127. The highest BCUT2D eigenvalue weighted by Crippen LogP contribution is 2.41. The van der Waals surface area contributed by atoms with Gasteiger partial charge >= 0.3 is 12.1 Å². The zero-order chi connectivity index (χ0) is 22.1. The SMILES string of the molecule is CCCCc1oc2ccccc2c1C(=O)c1ccc(C(F)(F)F)c(OC(C)=O)c1I. The lowest BCUT2D eigenvalue weighted by atomic mass is 9.97. The number of halogens is 4. The summed E-state index contributed by atoms with van der Waals surface area (Å²) >= 11 is 1.62. The van der Waals surface area contributed by atoms with E-state index in [-0.39, 0.29) is 9.13 Å². The molecular weight excluding hydrogens is 512 g/mol. The highest BCUT2D eigenvalue weighted by Gasteiger charge is 2.37. The second kappa shape index (κ2) is 8.79. The van der Waals surface area contributed by atoms with Crippen LogP contribution in [0.4, 0.5) is 13.2 Å². The molecule has 0 spiro atoms. The fourth-order valence-electron chi connectivity index (χ4n) is 3.19. The minimum atomic E-state index is -4.74. The molecule has 0 atom stereocenters. The highest BCUT2D eigenvalue weighted by molar-refractivity contribution is 14.1. The van der Waals surface area contributed by atoms with E-state index < -0.39 is 29.2 Å². The number of esters is 1. The van der Waals surface area contributed by atoms with Crippen molar-refractivity contribution < 1.29 is 31.9 Å². The van der Waals surface area contributed by atoms with Crippen LogP contribution < -0.4 is 4.74 Å². The third-order valence-electron chi connectivity index (χ3n) is 4.55. The molecule has 0 N–H and O–H groups in total. The van der Waals surface area contributed by atoms with Crippen LogP contribution in [-0.4, -0.2) is 11.8 Å². The summed E-state index contributed by atoms with van der Waals surface area (Å²) in [4.78, 5) is 24.8. The number of fused-ring (bicyclic) bond motifs is 1. The Morgan fingerprint density at radius 3 is 2.47 bits per heavy atom. The molecule has 158 valence electrons. The summed E-state index contributed by atoms with van der Waals surface area (Å²) in [7, 11) is 0. The lowest BCUT2D eigenvalue weighted by Crippen LogP contribution is -2.15. The summed E-state index contributed by atoms with van der Waals surface area (Å²) in [6.45, 7) is 3.02. The number of hydrogen-bond acceptors (Lipinski definition) is 4. The number of carbonyl (C=O) groups excluding carboxylic acids is 2. The fraction of sp³-hybridized carbons (Fsp3) is 0.273. The second-order valence-corrected chi connectivity index (χ2v) is 7.80. The molecule has 1 heterocycles. The van der Waals surface area contributed by atoms with Crippen molar-refractivity contribution in [1.82, 2.24) is 0 Å². The van der Waals surface area contributed by atoms with Crippen molar-refractivity contribution >= 4 is 45.3 Å². The van der Waals surface area contributed by atoms with Gasteiger partial charge in [0, 0.05) is 24.3 Å². The summed E-state index contributed by atoms with van der Waals surface area (Å²) in [5.41, 5.74) is -0.231. The van der Waals surface area contributed by atoms with Gasteiger partial charge in [-0.15, -0.1) is 0 Å². The minimum absolute atomic E-state index is 0.0177. The predicted molar refractivity (Wildman–Crippen MR) is 114 cm³/mol.